The number of nitro groups is 1. The summed E-state index contributed by atoms with van der Waals surface area (Å²) >= 11 is 0. The van der Waals surface area contributed by atoms with E-state index in [0.717, 1.165) is 0 Å². The van der Waals surface area contributed by atoms with Crippen LogP contribution in [0.2, 0.25) is 0 Å². The van der Waals surface area contributed by atoms with Crippen molar-refractivity contribution in [3.63, 3.8) is 0 Å². The van der Waals surface area contributed by atoms with Crippen LogP contribution in [0.3, 0.4) is 0 Å². The number of nitro benzene ring substituents is 1. The van der Waals surface area contributed by atoms with Crippen LogP contribution in [0.1, 0.15) is 27.6 Å². The smallest absolute Gasteiger partial charge is 0.282 e. The molecular formula is C17H17N3O6. The molecule has 2 aromatic rings. The molecule has 0 unspecified atom stereocenters. The molecule has 136 valence electrons. The summed E-state index contributed by atoms with van der Waals surface area (Å²) in [5, 5.41) is 11.0. The van der Waals surface area contributed by atoms with Crippen LogP contribution in [-0.2, 0) is 0 Å². The molecule has 9 heteroatoms. The molecule has 2 rings (SSSR count). The second-order valence-electron chi connectivity index (χ2n) is 4.98. The molecule has 0 atom stereocenters. The van der Waals surface area contributed by atoms with Crippen LogP contribution < -0.4 is 20.3 Å². The predicted octanol–water partition coefficient (Wildman–Crippen LogP) is 2.08. The maximum atomic E-state index is 12.2. The van der Waals surface area contributed by atoms with Gasteiger partial charge in [0.25, 0.3) is 17.5 Å². The molecule has 0 aliphatic carbocycles. The highest BCUT2D eigenvalue weighted by molar-refractivity contribution is 6.01. The van der Waals surface area contributed by atoms with Crippen molar-refractivity contribution < 1.29 is 24.0 Å². The third-order valence-corrected chi connectivity index (χ3v) is 3.36. The number of hydrogen-bond acceptors (Lipinski definition) is 6. The Bertz CT molecular complexity index is 837. The topological polar surface area (TPSA) is 120 Å². The normalized spacial score (nSPS) is 9.92. The fraction of sp³-hybridized carbons (Fsp3) is 0.176. The number of nitrogens with zero attached hydrogens (tertiary/aromatic N) is 1. The van der Waals surface area contributed by atoms with Gasteiger partial charge in [-0.3, -0.25) is 30.6 Å². The summed E-state index contributed by atoms with van der Waals surface area (Å²) in [4.78, 5) is 34.6. The van der Waals surface area contributed by atoms with E-state index >= 15 is 0 Å². The number of amides is 2. The number of hydrazine groups is 1. The Morgan fingerprint density at radius 2 is 1.77 bits per heavy atom. The van der Waals surface area contributed by atoms with E-state index in [0.29, 0.717) is 18.1 Å². The molecule has 0 aliphatic rings. The van der Waals surface area contributed by atoms with Crippen LogP contribution in [0.25, 0.3) is 0 Å². The largest absolute Gasteiger partial charge is 0.493 e. The molecule has 0 radical (unpaired) electrons. The Labute approximate surface area is 149 Å². The number of carbonyl (C=O) groups is 2. The van der Waals surface area contributed by atoms with Crippen molar-refractivity contribution in [2.24, 2.45) is 0 Å². The SMILES string of the molecule is CCOc1ccc(C(=O)NNC(=O)c2ccccc2[N+](=O)[O-])cc1OC. The van der Waals surface area contributed by atoms with E-state index in [4.69, 9.17) is 9.47 Å². The summed E-state index contributed by atoms with van der Waals surface area (Å²) < 4.78 is 10.5. The fourth-order valence-electron chi connectivity index (χ4n) is 2.16. The molecule has 2 N–H and O–H groups in total. The van der Waals surface area contributed by atoms with E-state index in [1.54, 1.807) is 6.07 Å². The van der Waals surface area contributed by atoms with Gasteiger partial charge in [0.1, 0.15) is 5.56 Å². The van der Waals surface area contributed by atoms with E-state index in [9.17, 15) is 19.7 Å². The third kappa shape index (κ3) is 4.26. The molecule has 0 saturated heterocycles. The van der Waals surface area contributed by atoms with E-state index in [1.165, 1.54) is 43.5 Å². The Hall–Kier alpha value is -3.62. The van der Waals surface area contributed by atoms with Gasteiger partial charge in [0.2, 0.25) is 0 Å². The second-order valence-corrected chi connectivity index (χ2v) is 4.98. The highest BCUT2D eigenvalue weighted by atomic mass is 16.6. The van der Waals surface area contributed by atoms with Crippen LogP contribution in [0.15, 0.2) is 42.5 Å². The highest BCUT2D eigenvalue weighted by Gasteiger charge is 2.20. The lowest BCUT2D eigenvalue weighted by molar-refractivity contribution is -0.385. The maximum Gasteiger partial charge on any atom is 0.282 e. The molecule has 26 heavy (non-hydrogen) atoms. The Morgan fingerprint density at radius 3 is 2.42 bits per heavy atom. The molecule has 0 aliphatic heterocycles. The number of para-hydroxylation sites is 1. The van der Waals surface area contributed by atoms with Crippen molar-refractivity contribution in [1.82, 2.24) is 10.9 Å². The minimum absolute atomic E-state index is 0.165. The van der Waals surface area contributed by atoms with Gasteiger partial charge in [-0.15, -0.1) is 0 Å². The van der Waals surface area contributed by atoms with Gasteiger partial charge in [0.05, 0.1) is 18.6 Å². The lowest BCUT2D eigenvalue weighted by Gasteiger charge is -2.11. The molecule has 2 amide bonds. The van der Waals surface area contributed by atoms with Gasteiger partial charge in [-0.25, -0.2) is 0 Å². The summed E-state index contributed by atoms with van der Waals surface area (Å²) in [6, 6.07) is 9.95. The first-order chi connectivity index (χ1) is 12.5. The lowest BCUT2D eigenvalue weighted by atomic mass is 10.1. The first kappa shape index (κ1) is 18.7. The van der Waals surface area contributed by atoms with Crippen molar-refractivity contribution in [2.45, 2.75) is 6.92 Å². The number of hydrogen-bond donors (Lipinski definition) is 2. The standard InChI is InChI=1S/C17H17N3O6/c1-3-26-14-9-8-11(10-15(14)25-2)16(21)18-19-17(22)12-6-4-5-7-13(12)20(23)24/h4-10H,3H2,1-2H3,(H,18,21)(H,19,22). The van der Waals surface area contributed by atoms with Gasteiger partial charge in [0, 0.05) is 11.6 Å². The van der Waals surface area contributed by atoms with Crippen LogP contribution >= 0.6 is 0 Å². The number of carbonyl (C=O) groups excluding carboxylic acids is 2. The molecule has 9 nitrogen and oxygen atoms in total. The fourth-order valence-corrected chi connectivity index (χ4v) is 2.16. The summed E-state index contributed by atoms with van der Waals surface area (Å²) in [5.74, 6) is -0.568. The van der Waals surface area contributed by atoms with E-state index in [2.05, 4.69) is 10.9 Å². The van der Waals surface area contributed by atoms with E-state index in [-0.39, 0.29) is 16.8 Å². The Balaban J connectivity index is 2.09. The van der Waals surface area contributed by atoms with E-state index < -0.39 is 16.7 Å². The van der Waals surface area contributed by atoms with Gasteiger partial charge in [-0.1, -0.05) is 12.1 Å². The lowest BCUT2D eigenvalue weighted by Crippen LogP contribution is -2.41. The summed E-state index contributed by atoms with van der Waals surface area (Å²) in [5.41, 5.74) is 4.06. The second kappa shape index (κ2) is 8.47. The van der Waals surface area contributed by atoms with Crippen LogP contribution in [0.4, 0.5) is 5.69 Å². The van der Waals surface area contributed by atoms with Crippen LogP contribution in [-0.4, -0.2) is 30.5 Å². The number of benzene rings is 2. The minimum Gasteiger partial charge on any atom is -0.493 e. The van der Waals surface area contributed by atoms with Crippen molar-refractivity contribution in [3.05, 3.63) is 63.7 Å². The third-order valence-electron chi connectivity index (χ3n) is 3.36. The summed E-state index contributed by atoms with van der Waals surface area (Å²) in [6.45, 7) is 2.26. The Kier molecular flexibility index (Phi) is 6.10. The first-order valence-electron chi connectivity index (χ1n) is 7.62. The van der Waals surface area contributed by atoms with Crippen molar-refractivity contribution in [2.75, 3.05) is 13.7 Å². The first-order valence-corrected chi connectivity index (χ1v) is 7.62. The van der Waals surface area contributed by atoms with Gasteiger partial charge in [-0.05, 0) is 31.2 Å². The molecule has 0 spiro atoms. The monoisotopic (exact) mass is 359 g/mol. The average Bonchev–Trinajstić information content (AvgIpc) is 2.66. The van der Waals surface area contributed by atoms with Crippen molar-refractivity contribution in [1.29, 1.82) is 0 Å². The quantitative estimate of drug-likeness (QED) is 0.602. The van der Waals surface area contributed by atoms with Crippen LogP contribution in [0.5, 0.6) is 11.5 Å². The zero-order valence-corrected chi connectivity index (χ0v) is 14.1. The van der Waals surface area contributed by atoms with Gasteiger partial charge >= 0.3 is 0 Å². The van der Waals surface area contributed by atoms with Crippen molar-refractivity contribution in [3.8, 4) is 11.5 Å². The summed E-state index contributed by atoms with van der Waals surface area (Å²) in [7, 11) is 1.44. The molecule has 0 heterocycles. The molecule has 0 saturated carbocycles. The predicted molar refractivity (Wildman–Crippen MR) is 92.2 cm³/mol. The average molecular weight is 359 g/mol. The molecular weight excluding hydrogens is 342 g/mol. The number of methoxy groups -OCH3 is 1. The number of ether oxygens (including phenoxy) is 2. The zero-order chi connectivity index (χ0) is 19.1. The van der Waals surface area contributed by atoms with Crippen molar-refractivity contribution >= 4 is 17.5 Å². The van der Waals surface area contributed by atoms with Gasteiger partial charge < -0.3 is 9.47 Å². The molecule has 0 bridgehead atoms. The van der Waals surface area contributed by atoms with Crippen LogP contribution in [0, 0.1) is 10.1 Å². The van der Waals surface area contributed by atoms with Gasteiger partial charge in [-0.2, -0.15) is 0 Å². The maximum absolute atomic E-state index is 12.2. The Morgan fingerprint density at radius 1 is 1.08 bits per heavy atom. The molecule has 2 aromatic carbocycles. The number of rotatable bonds is 6. The molecule has 0 aromatic heterocycles. The van der Waals surface area contributed by atoms with E-state index in [1.807, 2.05) is 6.92 Å². The summed E-state index contributed by atoms with van der Waals surface area (Å²) in [6.07, 6.45) is 0. The zero-order valence-electron chi connectivity index (χ0n) is 14.1. The molecule has 0 fully saturated rings. The minimum atomic E-state index is -0.802. The number of nitrogens with one attached hydrogen (secondary N) is 2. The highest BCUT2D eigenvalue weighted by Crippen LogP contribution is 2.28. The van der Waals surface area contributed by atoms with Gasteiger partial charge in [0.15, 0.2) is 11.5 Å².